The third-order valence-corrected chi connectivity index (χ3v) is 4.39. The van der Waals surface area contributed by atoms with Crippen LogP contribution < -0.4 is 5.32 Å². The van der Waals surface area contributed by atoms with Crippen molar-refractivity contribution < 1.29 is 9.53 Å². The molecular weight excluding hydrogens is 316 g/mol. The van der Waals surface area contributed by atoms with Crippen LogP contribution in [0.3, 0.4) is 0 Å². The summed E-state index contributed by atoms with van der Waals surface area (Å²) >= 11 is 6.18. The van der Waals surface area contributed by atoms with Gasteiger partial charge < -0.3 is 10.1 Å². The van der Waals surface area contributed by atoms with Crippen molar-refractivity contribution in [2.24, 2.45) is 0 Å². The third kappa shape index (κ3) is 3.23. The summed E-state index contributed by atoms with van der Waals surface area (Å²) in [5.41, 5.74) is 1.65. The van der Waals surface area contributed by atoms with Gasteiger partial charge >= 0.3 is 0 Å². The number of nitrogens with one attached hydrogen (secondary N) is 1. The summed E-state index contributed by atoms with van der Waals surface area (Å²) in [6.45, 7) is 4.50. The van der Waals surface area contributed by atoms with Crippen molar-refractivity contribution in [2.75, 3.05) is 6.61 Å². The predicted molar refractivity (Wildman–Crippen MR) is 87.0 cm³/mol. The Bertz CT molecular complexity index is 710. The molecular formula is C16H19ClN4O2. The van der Waals surface area contributed by atoms with E-state index in [-0.39, 0.29) is 18.1 Å². The molecule has 1 aliphatic rings. The average molecular weight is 335 g/mol. The zero-order chi connectivity index (χ0) is 16.4. The number of halogens is 1. The van der Waals surface area contributed by atoms with Crippen molar-refractivity contribution in [1.82, 2.24) is 20.3 Å². The highest BCUT2D eigenvalue weighted by Gasteiger charge is 2.26. The van der Waals surface area contributed by atoms with Crippen molar-refractivity contribution in [3.63, 3.8) is 0 Å². The summed E-state index contributed by atoms with van der Waals surface area (Å²) in [7, 11) is 0. The third-order valence-electron chi connectivity index (χ3n) is 4.07. The Morgan fingerprint density at radius 1 is 1.48 bits per heavy atom. The van der Waals surface area contributed by atoms with E-state index in [2.05, 4.69) is 15.6 Å². The summed E-state index contributed by atoms with van der Waals surface area (Å²) in [5, 5.41) is 11.6. The zero-order valence-electron chi connectivity index (χ0n) is 13.1. The van der Waals surface area contributed by atoms with Gasteiger partial charge in [0.05, 0.1) is 28.5 Å². The number of amides is 1. The van der Waals surface area contributed by atoms with Gasteiger partial charge in [-0.1, -0.05) is 28.9 Å². The van der Waals surface area contributed by atoms with Crippen LogP contribution in [0.5, 0.6) is 0 Å². The summed E-state index contributed by atoms with van der Waals surface area (Å²) in [5.74, 6) is -0.246. The molecule has 0 aliphatic carbocycles. The van der Waals surface area contributed by atoms with Crippen molar-refractivity contribution >= 4 is 17.5 Å². The summed E-state index contributed by atoms with van der Waals surface area (Å²) in [4.78, 5) is 12.4. The molecule has 1 saturated heterocycles. The largest absolute Gasteiger partial charge is 0.376 e. The summed E-state index contributed by atoms with van der Waals surface area (Å²) in [6.07, 6.45) is 2.07. The molecule has 0 spiro atoms. The van der Waals surface area contributed by atoms with E-state index in [0.717, 1.165) is 19.4 Å². The van der Waals surface area contributed by atoms with Crippen LogP contribution >= 0.6 is 11.6 Å². The molecule has 0 saturated carbocycles. The zero-order valence-corrected chi connectivity index (χ0v) is 13.9. The monoisotopic (exact) mass is 334 g/mol. The number of carbonyl (C=O) groups excluding carboxylic acids is 1. The molecule has 2 unspecified atom stereocenters. The first-order valence-electron chi connectivity index (χ1n) is 7.67. The quantitative estimate of drug-likeness (QED) is 0.932. The molecule has 1 aliphatic heterocycles. The first-order valence-corrected chi connectivity index (χ1v) is 8.05. The highest BCUT2D eigenvalue weighted by Crippen LogP contribution is 2.21. The van der Waals surface area contributed by atoms with Crippen LogP contribution in [0, 0.1) is 6.92 Å². The average Bonchev–Trinajstić information content (AvgIpc) is 3.17. The highest BCUT2D eigenvalue weighted by atomic mass is 35.5. The normalized spacial score (nSPS) is 18.8. The fraction of sp³-hybridized carbons (Fsp3) is 0.438. The SMILES string of the molecule is Cc1c(C(=O)NC(C)C2CCCO2)nnn1-c1ccccc1Cl. The fourth-order valence-electron chi connectivity index (χ4n) is 2.76. The second-order valence-electron chi connectivity index (χ2n) is 5.70. The summed E-state index contributed by atoms with van der Waals surface area (Å²) in [6, 6.07) is 7.25. The molecule has 23 heavy (non-hydrogen) atoms. The molecule has 0 radical (unpaired) electrons. The minimum absolute atomic E-state index is 0.0603. The van der Waals surface area contributed by atoms with Gasteiger partial charge in [-0.15, -0.1) is 5.10 Å². The van der Waals surface area contributed by atoms with E-state index < -0.39 is 0 Å². The minimum atomic E-state index is -0.246. The van der Waals surface area contributed by atoms with Crippen LogP contribution in [0.2, 0.25) is 5.02 Å². The van der Waals surface area contributed by atoms with Gasteiger partial charge in [0.25, 0.3) is 5.91 Å². The molecule has 0 bridgehead atoms. The maximum atomic E-state index is 12.4. The van der Waals surface area contributed by atoms with E-state index in [4.69, 9.17) is 16.3 Å². The van der Waals surface area contributed by atoms with Crippen molar-refractivity contribution in [1.29, 1.82) is 0 Å². The molecule has 1 amide bonds. The van der Waals surface area contributed by atoms with Crippen molar-refractivity contribution in [3.8, 4) is 5.69 Å². The number of para-hydroxylation sites is 1. The Labute approximate surface area is 139 Å². The van der Waals surface area contributed by atoms with Gasteiger partial charge in [0.15, 0.2) is 5.69 Å². The Kier molecular flexibility index (Phi) is 4.63. The number of aromatic nitrogens is 3. The Balaban J connectivity index is 1.79. The number of carbonyl (C=O) groups is 1. The van der Waals surface area contributed by atoms with Crippen molar-refractivity contribution in [3.05, 3.63) is 40.7 Å². The van der Waals surface area contributed by atoms with Crippen LogP contribution in [0.15, 0.2) is 24.3 Å². The van der Waals surface area contributed by atoms with Crippen LogP contribution in [-0.4, -0.2) is 39.7 Å². The Hall–Kier alpha value is -1.92. The van der Waals surface area contributed by atoms with Crippen LogP contribution in [0.4, 0.5) is 0 Å². The number of benzene rings is 1. The van der Waals surface area contributed by atoms with Gasteiger partial charge in [-0.3, -0.25) is 4.79 Å². The number of hydrogen-bond donors (Lipinski definition) is 1. The van der Waals surface area contributed by atoms with Crippen LogP contribution in [-0.2, 0) is 4.74 Å². The van der Waals surface area contributed by atoms with Crippen molar-refractivity contribution in [2.45, 2.75) is 38.8 Å². The lowest BCUT2D eigenvalue weighted by Gasteiger charge is -2.19. The first kappa shape index (κ1) is 16.0. The van der Waals surface area contributed by atoms with E-state index in [1.165, 1.54) is 0 Å². The molecule has 3 rings (SSSR count). The topological polar surface area (TPSA) is 69.0 Å². The molecule has 2 atom stereocenters. The Morgan fingerprint density at radius 2 is 2.26 bits per heavy atom. The van der Waals surface area contributed by atoms with E-state index >= 15 is 0 Å². The van der Waals surface area contributed by atoms with E-state index in [1.54, 1.807) is 17.7 Å². The lowest BCUT2D eigenvalue weighted by molar-refractivity contribution is 0.0709. The van der Waals surface area contributed by atoms with Crippen LogP contribution in [0.1, 0.15) is 35.9 Å². The molecule has 122 valence electrons. The predicted octanol–water partition coefficient (Wildman–Crippen LogP) is 2.53. The van der Waals surface area contributed by atoms with E-state index in [1.807, 2.05) is 25.1 Å². The number of hydrogen-bond acceptors (Lipinski definition) is 4. The molecule has 6 nitrogen and oxygen atoms in total. The summed E-state index contributed by atoms with van der Waals surface area (Å²) < 4.78 is 7.18. The van der Waals surface area contributed by atoms with Crippen LogP contribution in [0.25, 0.3) is 5.69 Å². The van der Waals surface area contributed by atoms with Gasteiger partial charge in [-0.25, -0.2) is 4.68 Å². The Morgan fingerprint density at radius 3 is 2.96 bits per heavy atom. The highest BCUT2D eigenvalue weighted by molar-refractivity contribution is 6.32. The van der Waals surface area contributed by atoms with Gasteiger partial charge in [-0.2, -0.15) is 0 Å². The number of ether oxygens (including phenoxy) is 1. The van der Waals surface area contributed by atoms with E-state index in [0.29, 0.717) is 22.1 Å². The lowest BCUT2D eigenvalue weighted by atomic mass is 10.1. The maximum absolute atomic E-state index is 12.4. The van der Waals surface area contributed by atoms with Gasteiger partial charge in [0.1, 0.15) is 0 Å². The second kappa shape index (κ2) is 6.68. The second-order valence-corrected chi connectivity index (χ2v) is 6.11. The minimum Gasteiger partial charge on any atom is -0.376 e. The lowest BCUT2D eigenvalue weighted by Crippen LogP contribution is -2.41. The molecule has 1 N–H and O–H groups in total. The molecule has 7 heteroatoms. The number of nitrogens with zero attached hydrogens (tertiary/aromatic N) is 3. The number of rotatable bonds is 4. The van der Waals surface area contributed by atoms with Gasteiger partial charge in [-0.05, 0) is 38.8 Å². The smallest absolute Gasteiger partial charge is 0.274 e. The standard InChI is InChI=1S/C16H19ClN4O2/c1-10(14-8-5-9-23-14)18-16(22)15-11(2)21(20-19-15)13-7-4-3-6-12(13)17/h3-4,6-7,10,14H,5,8-9H2,1-2H3,(H,18,22). The van der Waals surface area contributed by atoms with Gasteiger partial charge in [0, 0.05) is 6.61 Å². The molecule has 2 heterocycles. The molecule has 1 aromatic carbocycles. The van der Waals surface area contributed by atoms with Gasteiger partial charge in [0.2, 0.25) is 0 Å². The first-order chi connectivity index (χ1) is 11.1. The maximum Gasteiger partial charge on any atom is 0.274 e. The molecule has 2 aromatic rings. The van der Waals surface area contributed by atoms with E-state index in [9.17, 15) is 4.79 Å². The molecule has 1 fully saturated rings. The fourth-order valence-corrected chi connectivity index (χ4v) is 2.97. The molecule has 1 aromatic heterocycles.